The highest BCUT2D eigenvalue weighted by Crippen LogP contribution is 2.16. The minimum atomic E-state index is -0.313. The van der Waals surface area contributed by atoms with Gasteiger partial charge in [-0.05, 0) is 55.2 Å². The van der Waals surface area contributed by atoms with Gasteiger partial charge in [-0.3, -0.25) is 9.69 Å². The fourth-order valence-corrected chi connectivity index (χ4v) is 3.85. The first-order valence-corrected chi connectivity index (χ1v) is 10.6. The smallest absolute Gasteiger partial charge is 0.255 e. The zero-order chi connectivity index (χ0) is 21.8. The van der Waals surface area contributed by atoms with Crippen molar-refractivity contribution in [2.45, 2.75) is 39.0 Å². The third-order valence-electron chi connectivity index (χ3n) is 5.76. The first kappa shape index (κ1) is 21.2. The molecule has 6 nitrogen and oxygen atoms in total. The van der Waals surface area contributed by atoms with E-state index in [4.69, 9.17) is 0 Å². The maximum absolute atomic E-state index is 13.1. The summed E-state index contributed by atoms with van der Waals surface area (Å²) in [5.74, 6) is -0.505. The van der Waals surface area contributed by atoms with Crippen molar-refractivity contribution in [2.24, 2.45) is 0 Å². The van der Waals surface area contributed by atoms with Crippen molar-refractivity contribution in [3.63, 3.8) is 0 Å². The Morgan fingerprint density at radius 1 is 1.10 bits per heavy atom. The molecule has 3 aromatic rings. The molecule has 0 saturated carbocycles. The topological polar surface area (TPSA) is 70.4 Å². The molecule has 1 saturated heterocycles. The molecular weight excluding hydrogens is 395 g/mol. The number of aliphatic hydroxyl groups is 1. The van der Waals surface area contributed by atoms with Crippen LogP contribution in [0.15, 0.2) is 54.7 Å². The lowest BCUT2D eigenvalue weighted by Crippen LogP contribution is -2.35. The molecule has 1 fully saturated rings. The Morgan fingerprint density at radius 2 is 1.74 bits per heavy atom. The van der Waals surface area contributed by atoms with Gasteiger partial charge in [-0.1, -0.05) is 24.3 Å². The minimum Gasteiger partial charge on any atom is -0.393 e. The molecule has 2 aromatic carbocycles. The van der Waals surface area contributed by atoms with Gasteiger partial charge in [0.15, 0.2) is 0 Å². The molecular formula is C24H27FN4O2. The molecule has 31 heavy (non-hydrogen) atoms. The van der Waals surface area contributed by atoms with E-state index in [1.165, 1.54) is 23.9 Å². The second-order valence-electron chi connectivity index (χ2n) is 8.04. The Labute approximate surface area is 181 Å². The van der Waals surface area contributed by atoms with Crippen LogP contribution in [-0.4, -0.2) is 44.9 Å². The summed E-state index contributed by atoms with van der Waals surface area (Å²) in [6, 6.07) is 14.2. The average molecular weight is 423 g/mol. The van der Waals surface area contributed by atoms with Crippen LogP contribution in [0, 0.1) is 12.7 Å². The van der Waals surface area contributed by atoms with Crippen LogP contribution in [0.25, 0.3) is 5.69 Å². The number of hydrogen-bond acceptors (Lipinski definition) is 4. The molecule has 0 atom stereocenters. The highest BCUT2D eigenvalue weighted by molar-refractivity contribution is 5.95. The predicted octanol–water partition coefficient (Wildman–Crippen LogP) is 3.21. The summed E-state index contributed by atoms with van der Waals surface area (Å²) in [7, 11) is 0. The van der Waals surface area contributed by atoms with E-state index < -0.39 is 0 Å². The molecule has 4 rings (SSSR count). The van der Waals surface area contributed by atoms with Crippen molar-refractivity contribution in [1.82, 2.24) is 20.0 Å². The summed E-state index contributed by atoms with van der Waals surface area (Å²) in [6.45, 7) is 4.96. The molecule has 0 spiro atoms. The number of aliphatic hydroxyl groups excluding tert-OH is 1. The van der Waals surface area contributed by atoms with Gasteiger partial charge in [0.2, 0.25) is 0 Å². The predicted molar refractivity (Wildman–Crippen MR) is 116 cm³/mol. The van der Waals surface area contributed by atoms with Crippen molar-refractivity contribution < 1.29 is 14.3 Å². The molecule has 0 radical (unpaired) electrons. The van der Waals surface area contributed by atoms with Crippen LogP contribution in [0.5, 0.6) is 0 Å². The molecule has 1 aliphatic rings. The van der Waals surface area contributed by atoms with Crippen LogP contribution in [-0.2, 0) is 13.1 Å². The zero-order valence-electron chi connectivity index (χ0n) is 17.6. The van der Waals surface area contributed by atoms with E-state index in [1.807, 2.05) is 19.1 Å². The number of likely N-dealkylation sites (tertiary alicyclic amines) is 1. The molecule has 1 aromatic heterocycles. The number of amides is 1. The zero-order valence-corrected chi connectivity index (χ0v) is 17.6. The number of nitrogens with zero attached hydrogens (tertiary/aromatic N) is 3. The molecule has 162 valence electrons. The number of aromatic nitrogens is 2. The second kappa shape index (κ2) is 9.41. The quantitative estimate of drug-likeness (QED) is 0.640. The fourth-order valence-electron chi connectivity index (χ4n) is 3.85. The lowest BCUT2D eigenvalue weighted by Gasteiger charge is -2.29. The highest BCUT2D eigenvalue weighted by atomic mass is 19.1. The fraction of sp³-hybridized carbons (Fsp3) is 0.333. The number of piperidine rings is 1. The SMILES string of the molecule is Cc1c(C(=O)NCc2ccc(CN3CCC(O)CC3)cc2)cnn1-c1ccc(F)cc1. The number of nitrogens with one attached hydrogen (secondary N) is 1. The van der Waals surface area contributed by atoms with Gasteiger partial charge in [0.25, 0.3) is 5.91 Å². The first-order valence-electron chi connectivity index (χ1n) is 10.6. The summed E-state index contributed by atoms with van der Waals surface area (Å²) in [5, 5.41) is 16.8. The van der Waals surface area contributed by atoms with E-state index in [9.17, 15) is 14.3 Å². The van der Waals surface area contributed by atoms with Gasteiger partial charge in [0.05, 0.1) is 29.2 Å². The Kier molecular flexibility index (Phi) is 6.44. The van der Waals surface area contributed by atoms with E-state index in [0.29, 0.717) is 23.5 Å². The second-order valence-corrected chi connectivity index (χ2v) is 8.04. The number of halogens is 1. The van der Waals surface area contributed by atoms with Crippen molar-refractivity contribution in [3.05, 3.63) is 82.9 Å². The normalized spacial score (nSPS) is 15.2. The van der Waals surface area contributed by atoms with Gasteiger partial charge >= 0.3 is 0 Å². The van der Waals surface area contributed by atoms with Gasteiger partial charge < -0.3 is 10.4 Å². The molecule has 2 N–H and O–H groups in total. The molecule has 1 amide bonds. The van der Waals surface area contributed by atoms with Gasteiger partial charge in [0, 0.05) is 26.2 Å². The molecule has 0 bridgehead atoms. The van der Waals surface area contributed by atoms with Crippen molar-refractivity contribution in [1.29, 1.82) is 0 Å². The Balaban J connectivity index is 1.33. The lowest BCUT2D eigenvalue weighted by molar-refractivity contribution is 0.0792. The first-order chi connectivity index (χ1) is 15.0. The third-order valence-corrected chi connectivity index (χ3v) is 5.76. The van der Waals surface area contributed by atoms with E-state index >= 15 is 0 Å². The summed E-state index contributed by atoms with van der Waals surface area (Å²) in [6.07, 6.45) is 3.04. The maximum atomic E-state index is 13.1. The Hall–Kier alpha value is -3.03. The minimum absolute atomic E-state index is 0.159. The third kappa shape index (κ3) is 5.18. The van der Waals surface area contributed by atoms with E-state index in [0.717, 1.165) is 38.0 Å². The average Bonchev–Trinajstić information content (AvgIpc) is 3.16. The number of carbonyl (C=O) groups is 1. The number of carbonyl (C=O) groups excluding carboxylic acids is 1. The van der Waals surface area contributed by atoms with Crippen LogP contribution in [0.4, 0.5) is 4.39 Å². The largest absolute Gasteiger partial charge is 0.393 e. The highest BCUT2D eigenvalue weighted by Gasteiger charge is 2.17. The summed E-state index contributed by atoms with van der Waals surface area (Å²) in [4.78, 5) is 15.0. The molecule has 2 heterocycles. The number of hydrogen-bond donors (Lipinski definition) is 2. The maximum Gasteiger partial charge on any atom is 0.255 e. The molecule has 1 aliphatic heterocycles. The van der Waals surface area contributed by atoms with Crippen molar-refractivity contribution in [2.75, 3.05) is 13.1 Å². The summed E-state index contributed by atoms with van der Waals surface area (Å²) in [5.41, 5.74) is 4.15. The van der Waals surface area contributed by atoms with E-state index in [2.05, 4.69) is 27.4 Å². The van der Waals surface area contributed by atoms with Gasteiger partial charge in [-0.2, -0.15) is 5.10 Å². The van der Waals surface area contributed by atoms with Gasteiger partial charge in [-0.15, -0.1) is 0 Å². The van der Waals surface area contributed by atoms with Crippen LogP contribution < -0.4 is 5.32 Å². The summed E-state index contributed by atoms with van der Waals surface area (Å²) < 4.78 is 14.8. The van der Waals surface area contributed by atoms with Crippen LogP contribution in [0.1, 0.15) is 40.0 Å². The van der Waals surface area contributed by atoms with E-state index in [-0.39, 0.29) is 17.8 Å². The standard InChI is InChI=1S/C24H27FN4O2/c1-17-23(15-27-29(17)21-8-6-20(25)7-9-21)24(31)26-14-18-2-4-19(5-3-18)16-28-12-10-22(30)11-13-28/h2-9,15,22,30H,10-14,16H2,1H3,(H,26,31). The van der Waals surface area contributed by atoms with Crippen LogP contribution in [0.2, 0.25) is 0 Å². The van der Waals surface area contributed by atoms with Crippen LogP contribution in [0.3, 0.4) is 0 Å². The molecule has 7 heteroatoms. The van der Waals surface area contributed by atoms with Crippen molar-refractivity contribution in [3.8, 4) is 5.69 Å². The number of rotatable bonds is 6. The number of benzene rings is 2. The Morgan fingerprint density at radius 3 is 2.42 bits per heavy atom. The monoisotopic (exact) mass is 422 g/mol. The van der Waals surface area contributed by atoms with Crippen molar-refractivity contribution >= 4 is 5.91 Å². The molecule has 0 aliphatic carbocycles. The van der Waals surface area contributed by atoms with Crippen LogP contribution >= 0.6 is 0 Å². The summed E-state index contributed by atoms with van der Waals surface area (Å²) >= 11 is 0. The van der Waals surface area contributed by atoms with E-state index in [1.54, 1.807) is 16.8 Å². The molecule has 0 unspecified atom stereocenters. The van der Waals surface area contributed by atoms with Gasteiger partial charge in [0.1, 0.15) is 5.82 Å². The Bertz CT molecular complexity index is 1020. The van der Waals surface area contributed by atoms with Gasteiger partial charge in [-0.25, -0.2) is 9.07 Å². The lowest BCUT2D eigenvalue weighted by atomic mass is 10.1.